The van der Waals surface area contributed by atoms with Crippen LogP contribution in [-0.2, 0) is 11.3 Å². The highest BCUT2D eigenvalue weighted by atomic mass is 16.5. The van der Waals surface area contributed by atoms with Crippen LogP contribution in [0.2, 0.25) is 0 Å². The Morgan fingerprint density at radius 1 is 1.65 bits per heavy atom. The molecule has 6 heteroatoms. The molecule has 1 fully saturated rings. The molecule has 17 heavy (non-hydrogen) atoms. The third-order valence-electron chi connectivity index (χ3n) is 2.87. The zero-order valence-electron chi connectivity index (χ0n) is 9.92. The van der Waals surface area contributed by atoms with Crippen LogP contribution in [0.3, 0.4) is 0 Å². The summed E-state index contributed by atoms with van der Waals surface area (Å²) in [5.41, 5.74) is -0.0473. The van der Waals surface area contributed by atoms with E-state index in [9.17, 15) is 4.79 Å². The number of carbonyl (C=O) groups is 1. The van der Waals surface area contributed by atoms with Crippen LogP contribution in [-0.4, -0.2) is 46.4 Å². The molecule has 94 valence electrons. The van der Waals surface area contributed by atoms with E-state index in [2.05, 4.69) is 17.0 Å². The first-order valence-electron chi connectivity index (χ1n) is 5.61. The van der Waals surface area contributed by atoms with Crippen molar-refractivity contribution in [1.82, 2.24) is 10.1 Å². The molecule has 1 saturated heterocycles. The maximum absolute atomic E-state index is 10.7. The summed E-state index contributed by atoms with van der Waals surface area (Å²) in [7, 11) is 0. The number of morpholine rings is 1. The van der Waals surface area contributed by atoms with Gasteiger partial charge in [0.2, 0.25) is 0 Å². The van der Waals surface area contributed by atoms with Crippen LogP contribution in [0.15, 0.2) is 10.6 Å². The molecule has 1 N–H and O–H groups in total. The van der Waals surface area contributed by atoms with Crippen LogP contribution in [0, 0.1) is 0 Å². The third-order valence-corrected chi connectivity index (χ3v) is 2.87. The number of hydrogen-bond acceptors (Lipinski definition) is 5. The molecule has 1 aliphatic heterocycles. The Bertz CT molecular complexity index is 404. The minimum atomic E-state index is -1.07. The Balaban J connectivity index is 2.01. The van der Waals surface area contributed by atoms with Crippen LogP contribution in [0.25, 0.3) is 0 Å². The number of ether oxygens (including phenoxy) is 1. The number of nitrogens with zero attached hydrogens (tertiary/aromatic N) is 2. The molecule has 2 unspecified atom stereocenters. The summed E-state index contributed by atoms with van der Waals surface area (Å²) in [5, 5.41) is 12.2. The molecular formula is C11H16N2O4. The van der Waals surface area contributed by atoms with Crippen molar-refractivity contribution in [3.63, 3.8) is 0 Å². The highest BCUT2D eigenvalue weighted by Crippen LogP contribution is 2.15. The smallest absolute Gasteiger partial charge is 0.358 e. The van der Waals surface area contributed by atoms with Crippen molar-refractivity contribution in [2.75, 3.05) is 13.2 Å². The summed E-state index contributed by atoms with van der Waals surface area (Å²) in [6.07, 6.45) is 0.188. The molecule has 2 atom stereocenters. The lowest BCUT2D eigenvalue weighted by atomic mass is 10.2. The van der Waals surface area contributed by atoms with Crippen molar-refractivity contribution >= 4 is 5.97 Å². The molecule has 0 spiro atoms. The number of rotatable bonds is 3. The summed E-state index contributed by atoms with van der Waals surface area (Å²) in [4.78, 5) is 12.9. The van der Waals surface area contributed by atoms with E-state index < -0.39 is 5.97 Å². The maximum atomic E-state index is 10.7. The summed E-state index contributed by atoms with van der Waals surface area (Å²) in [6.45, 7) is 6.14. The predicted molar refractivity (Wildman–Crippen MR) is 58.7 cm³/mol. The normalized spacial score (nSPS) is 26.0. The molecule has 0 aromatic carbocycles. The van der Waals surface area contributed by atoms with Gasteiger partial charge in [-0.15, -0.1) is 0 Å². The minimum absolute atomic E-state index is 0.0473. The fourth-order valence-corrected chi connectivity index (χ4v) is 1.88. The van der Waals surface area contributed by atoms with E-state index in [1.165, 1.54) is 6.07 Å². The van der Waals surface area contributed by atoms with Crippen molar-refractivity contribution in [2.45, 2.75) is 32.5 Å². The number of aromatic nitrogens is 1. The average Bonchev–Trinajstić information content (AvgIpc) is 2.72. The monoisotopic (exact) mass is 240 g/mol. The van der Waals surface area contributed by atoms with Crippen molar-refractivity contribution < 1.29 is 19.2 Å². The Hall–Kier alpha value is -1.40. The van der Waals surface area contributed by atoms with Crippen molar-refractivity contribution in [1.29, 1.82) is 0 Å². The van der Waals surface area contributed by atoms with Crippen LogP contribution in [0.5, 0.6) is 0 Å². The summed E-state index contributed by atoms with van der Waals surface area (Å²) in [6, 6.07) is 1.76. The van der Waals surface area contributed by atoms with Crippen molar-refractivity contribution in [3.8, 4) is 0 Å². The SMILES string of the molecule is CC1CN(Cc2cc(C(=O)O)no2)C(C)CO1. The zero-order chi connectivity index (χ0) is 12.4. The third kappa shape index (κ3) is 2.83. The molecule has 6 nitrogen and oxygen atoms in total. The summed E-state index contributed by atoms with van der Waals surface area (Å²) < 4.78 is 10.5. The standard InChI is InChI=1S/C11H16N2O4/c1-7-6-16-8(2)4-13(7)5-9-3-10(11(14)15)12-17-9/h3,7-8H,4-6H2,1-2H3,(H,14,15). The maximum Gasteiger partial charge on any atom is 0.358 e. The zero-order valence-corrected chi connectivity index (χ0v) is 9.92. The van der Waals surface area contributed by atoms with Crippen LogP contribution in [0.4, 0.5) is 0 Å². The second kappa shape index (κ2) is 4.85. The second-order valence-corrected chi connectivity index (χ2v) is 4.41. The molecule has 1 aromatic heterocycles. The van der Waals surface area contributed by atoms with Gasteiger partial charge in [-0.3, -0.25) is 4.90 Å². The van der Waals surface area contributed by atoms with Gasteiger partial charge in [0.05, 0.1) is 19.3 Å². The Labute approximate surface area is 99.1 Å². The largest absolute Gasteiger partial charge is 0.476 e. The fraction of sp³-hybridized carbons (Fsp3) is 0.636. The molecular weight excluding hydrogens is 224 g/mol. The van der Waals surface area contributed by atoms with Crippen LogP contribution in [0.1, 0.15) is 30.1 Å². The number of hydrogen-bond donors (Lipinski definition) is 1. The van der Waals surface area contributed by atoms with Gasteiger partial charge < -0.3 is 14.4 Å². The molecule has 1 aliphatic rings. The van der Waals surface area contributed by atoms with Crippen LogP contribution < -0.4 is 0 Å². The second-order valence-electron chi connectivity index (χ2n) is 4.41. The molecule has 2 heterocycles. The van der Waals surface area contributed by atoms with E-state index in [1.807, 2.05) is 6.92 Å². The van der Waals surface area contributed by atoms with Gasteiger partial charge in [-0.1, -0.05) is 5.16 Å². The van der Waals surface area contributed by atoms with E-state index in [0.29, 0.717) is 25.0 Å². The van der Waals surface area contributed by atoms with Gasteiger partial charge in [0.25, 0.3) is 0 Å². The van der Waals surface area contributed by atoms with E-state index in [0.717, 1.165) is 6.54 Å². The summed E-state index contributed by atoms with van der Waals surface area (Å²) >= 11 is 0. The van der Waals surface area contributed by atoms with Crippen LogP contribution >= 0.6 is 0 Å². The Morgan fingerprint density at radius 2 is 2.41 bits per heavy atom. The van der Waals surface area contributed by atoms with Crippen molar-refractivity contribution in [2.24, 2.45) is 0 Å². The molecule has 0 saturated carbocycles. The highest BCUT2D eigenvalue weighted by Gasteiger charge is 2.24. The number of carboxylic acid groups (broad SMARTS) is 1. The molecule has 2 rings (SSSR count). The Morgan fingerprint density at radius 3 is 3.06 bits per heavy atom. The lowest BCUT2D eigenvalue weighted by Crippen LogP contribution is -2.46. The fourth-order valence-electron chi connectivity index (χ4n) is 1.88. The quantitative estimate of drug-likeness (QED) is 0.848. The van der Waals surface area contributed by atoms with Gasteiger partial charge in [0.15, 0.2) is 11.5 Å². The average molecular weight is 240 g/mol. The summed E-state index contributed by atoms with van der Waals surface area (Å²) in [5.74, 6) is -0.494. The van der Waals surface area contributed by atoms with Gasteiger partial charge in [-0.05, 0) is 13.8 Å². The highest BCUT2D eigenvalue weighted by molar-refractivity contribution is 5.85. The minimum Gasteiger partial charge on any atom is -0.476 e. The first kappa shape index (κ1) is 12.1. The molecule has 0 radical (unpaired) electrons. The Kier molecular flexibility index (Phi) is 3.44. The lowest BCUT2D eigenvalue weighted by Gasteiger charge is -2.35. The van der Waals surface area contributed by atoms with Gasteiger partial charge >= 0.3 is 5.97 Å². The molecule has 0 amide bonds. The van der Waals surface area contributed by atoms with Gasteiger partial charge in [-0.25, -0.2) is 4.79 Å². The van der Waals surface area contributed by atoms with Gasteiger partial charge in [-0.2, -0.15) is 0 Å². The molecule has 0 aliphatic carbocycles. The van der Waals surface area contributed by atoms with E-state index in [4.69, 9.17) is 14.4 Å². The van der Waals surface area contributed by atoms with Gasteiger partial charge in [0, 0.05) is 18.7 Å². The van der Waals surface area contributed by atoms with E-state index in [1.54, 1.807) is 0 Å². The number of aromatic carboxylic acids is 1. The predicted octanol–water partition coefficient (Wildman–Crippen LogP) is 0.982. The molecule has 0 bridgehead atoms. The van der Waals surface area contributed by atoms with E-state index in [-0.39, 0.29) is 11.8 Å². The lowest BCUT2D eigenvalue weighted by molar-refractivity contribution is -0.0550. The number of carboxylic acids is 1. The first-order chi connectivity index (χ1) is 8.06. The topological polar surface area (TPSA) is 75.8 Å². The van der Waals surface area contributed by atoms with Gasteiger partial charge in [0.1, 0.15) is 0 Å². The van der Waals surface area contributed by atoms with E-state index >= 15 is 0 Å². The van der Waals surface area contributed by atoms with Crippen molar-refractivity contribution in [3.05, 3.63) is 17.5 Å². The molecule has 1 aromatic rings. The first-order valence-corrected chi connectivity index (χ1v) is 5.61.